The number of aromatic nitrogens is 2. The molecule has 4 nitrogen and oxygen atoms in total. The van der Waals surface area contributed by atoms with Crippen molar-refractivity contribution in [3.05, 3.63) is 82.0 Å². The second kappa shape index (κ2) is 7.14. The molecule has 1 aliphatic rings. The molecule has 0 saturated heterocycles. The topological polar surface area (TPSA) is 46.9 Å². The fourth-order valence-corrected chi connectivity index (χ4v) is 3.43. The van der Waals surface area contributed by atoms with Gasteiger partial charge < -0.3 is 5.32 Å². The number of benzene rings is 2. The number of carbonyl (C=O) groups excluding carboxylic acids is 1. The van der Waals surface area contributed by atoms with Crippen molar-refractivity contribution in [3.8, 4) is 0 Å². The number of nitrogens with one attached hydrogen (secondary N) is 1. The van der Waals surface area contributed by atoms with Gasteiger partial charge in [0.25, 0.3) is 0 Å². The summed E-state index contributed by atoms with van der Waals surface area (Å²) in [7, 11) is 0. The predicted molar refractivity (Wildman–Crippen MR) is 104 cm³/mol. The number of anilines is 1. The Hall–Kier alpha value is -2.30. The molecule has 2 unspecified atom stereocenters. The molecule has 1 heterocycles. The molecule has 1 fully saturated rings. The third kappa shape index (κ3) is 3.76. The summed E-state index contributed by atoms with van der Waals surface area (Å²) in [4.78, 5) is 12.5. The van der Waals surface area contributed by atoms with Crippen molar-refractivity contribution in [2.24, 2.45) is 5.92 Å². The summed E-state index contributed by atoms with van der Waals surface area (Å²) in [5, 5.41) is 8.40. The molecule has 1 amide bonds. The van der Waals surface area contributed by atoms with Crippen molar-refractivity contribution in [1.82, 2.24) is 9.78 Å². The number of nitrogens with zero attached hydrogens (tertiary/aromatic N) is 2. The Morgan fingerprint density at radius 1 is 1.12 bits per heavy atom. The highest BCUT2D eigenvalue weighted by molar-refractivity contribution is 6.33. The average Bonchev–Trinajstić information content (AvgIpc) is 3.36. The molecule has 0 radical (unpaired) electrons. The largest absolute Gasteiger partial charge is 0.308 e. The van der Waals surface area contributed by atoms with Gasteiger partial charge in [-0.25, -0.2) is 0 Å². The normalized spacial score (nSPS) is 18.5. The van der Waals surface area contributed by atoms with Gasteiger partial charge in [0.1, 0.15) is 5.02 Å². The van der Waals surface area contributed by atoms with E-state index in [1.54, 1.807) is 10.9 Å². The van der Waals surface area contributed by atoms with Crippen LogP contribution in [0.15, 0.2) is 60.8 Å². The van der Waals surface area contributed by atoms with E-state index in [0.717, 1.165) is 17.5 Å². The zero-order chi connectivity index (χ0) is 18.1. The Morgan fingerprint density at radius 3 is 2.58 bits per heavy atom. The molecule has 0 aliphatic heterocycles. The number of carbonyl (C=O) groups is 1. The van der Waals surface area contributed by atoms with Crippen LogP contribution in [-0.4, -0.2) is 15.7 Å². The molecule has 4 rings (SSSR count). The fraction of sp³-hybridized carbons (Fsp3) is 0.200. The van der Waals surface area contributed by atoms with Gasteiger partial charge >= 0.3 is 0 Å². The SMILES string of the molecule is O=C(Nc1nn(Cc2ccccc2)cc1Cl)C1CC1c1ccc(Cl)cc1. The van der Waals surface area contributed by atoms with E-state index < -0.39 is 0 Å². The molecule has 2 aromatic carbocycles. The lowest BCUT2D eigenvalue weighted by molar-refractivity contribution is -0.117. The molecule has 132 valence electrons. The van der Waals surface area contributed by atoms with Gasteiger partial charge in [-0.1, -0.05) is 65.7 Å². The standard InChI is InChI=1S/C20H17Cl2N3O/c21-15-8-6-14(7-9-15)16-10-17(16)20(26)23-19-18(22)12-25(24-19)11-13-4-2-1-3-5-13/h1-9,12,16-17H,10-11H2,(H,23,24,26). The summed E-state index contributed by atoms with van der Waals surface area (Å²) < 4.78 is 1.73. The molecule has 6 heteroatoms. The van der Waals surface area contributed by atoms with Gasteiger partial charge in [0, 0.05) is 17.1 Å². The average molecular weight is 386 g/mol. The van der Waals surface area contributed by atoms with Gasteiger partial charge in [0.15, 0.2) is 5.82 Å². The van der Waals surface area contributed by atoms with Gasteiger partial charge in [0.05, 0.1) is 6.54 Å². The number of amides is 1. The first kappa shape index (κ1) is 17.1. The molecule has 1 aromatic heterocycles. The molecule has 1 aliphatic carbocycles. The molecule has 26 heavy (non-hydrogen) atoms. The monoisotopic (exact) mass is 385 g/mol. The van der Waals surface area contributed by atoms with E-state index in [9.17, 15) is 4.79 Å². The van der Waals surface area contributed by atoms with Crippen LogP contribution in [-0.2, 0) is 11.3 Å². The van der Waals surface area contributed by atoms with E-state index in [0.29, 0.717) is 22.4 Å². The minimum Gasteiger partial charge on any atom is -0.308 e. The highest BCUT2D eigenvalue weighted by Gasteiger charge is 2.44. The summed E-state index contributed by atoms with van der Waals surface area (Å²) in [6, 6.07) is 17.6. The lowest BCUT2D eigenvalue weighted by Crippen LogP contribution is -2.15. The van der Waals surface area contributed by atoms with E-state index in [2.05, 4.69) is 10.4 Å². The number of hydrogen-bond donors (Lipinski definition) is 1. The van der Waals surface area contributed by atoms with Crippen LogP contribution in [0.25, 0.3) is 0 Å². The minimum absolute atomic E-state index is 0.0446. The number of hydrogen-bond acceptors (Lipinski definition) is 2. The van der Waals surface area contributed by atoms with Crippen LogP contribution in [0.3, 0.4) is 0 Å². The Balaban J connectivity index is 1.40. The van der Waals surface area contributed by atoms with Gasteiger partial charge in [0.2, 0.25) is 5.91 Å². The van der Waals surface area contributed by atoms with Crippen LogP contribution in [0.4, 0.5) is 5.82 Å². The first-order valence-electron chi connectivity index (χ1n) is 8.43. The van der Waals surface area contributed by atoms with Crippen molar-refractivity contribution >= 4 is 34.9 Å². The van der Waals surface area contributed by atoms with Crippen LogP contribution in [0.5, 0.6) is 0 Å². The number of halogens is 2. The lowest BCUT2D eigenvalue weighted by Gasteiger charge is -2.03. The zero-order valence-corrected chi connectivity index (χ0v) is 15.4. The van der Waals surface area contributed by atoms with E-state index in [4.69, 9.17) is 23.2 Å². The van der Waals surface area contributed by atoms with E-state index in [-0.39, 0.29) is 17.7 Å². The maximum Gasteiger partial charge on any atom is 0.229 e. The molecule has 0 spiro atoms. The summed E-state index contributed by atoms with van der Waals surface area (Å²) >= 11 is 12.2. The zero-order valence-electron chi connectivity index (χ0n) is 13.9. The second-order valence-corrected chi connectivity index (χ2v) is 7.34. The third-order valence-electron chi connectivity index (χ3n) is 4.57. The molecule has 1 saturated carbocycles. The van der Waals surface area contributed by atoms with Crippen molar-refractivity contribution in [2.75, 3.05) is 5.32 Å². The van der Waals surface area contributed by atoms with Crippen molar-refractivity contribution in [1.29, 1.82) is 0 Å². The highest BCUT2D eigenvalue weighted by atomic mass is 35.5. The smallest absolute Gasteiger partial charge is 0.229 e. The van der Waals surface area contributed by atoms with Crippen molar-refractivity contribution in [3.63, 3.8) is 0 Å². The molecular formula is C20H17Cl2N3O. The minimum atomic E-state index is -0.0495. The summed E-state index contributed by atoms with van der Waals surface area (Å²) in [6.07, 6.45) is 2.56. The summed E-state index contributed by atoms with van der Waals surface area (Å²) in [6.45, 7) is 0.604. The Morgan fingerprint density at radius 2 is 1.85 bits per heavy atom. The highest BCUT2D eigenvalue weighted by Crippen LogP contribution is 2.48. The second-order valence-electron chi connectivity index (χ2n) is 6.50. The van der Waals surface area contributed by atoms with Crippen LogP contribution >= 0.6 is 23.2 Å². The van der Waals surface area contributed by atoms with Gasteiger partial charge in [-0.05, 0) is 35.6 Å². The number of rotatable bonds is 5. The van der Waals surface area contributed by atoms with Gasteiger partial charge in [-0.2, -0.15) is 5.10 Å². The van der Waals surface area contributed by atoms with Crippen LogP contribution < -0.4 is 5.32 Å². The van der Waals surface area contributed by atoms with Crippen molar-refractivity contribution < 1.29 is 4.79 Å². The first-order valence-corrected chi connectivity index (χ1v) is 9.19. The first-order chi connectivity index (χ1) is 12.6. The van der Waals surface area contributed by atoms with Crippen LogP contribution in [0.1, 0.15) is 23.5 Å². The van der Waals surface area contributed by atoms with Crippen LogP contribution in [0, 0.1) is 5.92 Å². The Kier molecular flexibility index (Phi) is 4.70. The van der Waals surface area contributed by atoms with E-state index in [1.807, 2.05) is 54.6 Å². The quantitative estimate of drug-likeness (QED) is 0.672. The maximum atomic E-state index is 12.5. The summed E-state index contributed by atoms with van der Waals surface area (Å²) in [5.74, 6) is 0.551. The van der Waals surface area contributed by atoms with E-state index in [1.165, 1.54) is 0 Å². The third-order valence-corrected chi connectivity index (χ3v) is 5.10. The maximum absolute atomic E-state index is 12.5. The Labute approximate surface area is 161 Å². The molecular weight excluding hydrogens is 369 g/mol. The molecule has 0 bridgehead atoms. The Bertz CT molecular complexity index is 922. The van der Waals surface area contributed by atoms with E-state index >= 15 is 0 Å². The van der Waals surface area contributed by atoms with Crippen molar-refractivity contribution in [2.45, 2.75) is 18.9 Å². The predicted octanol–water partition coefficient (Wildman–Crippen LogP) is 4.98. The molecule has 3 aromatic rings. The van der Waals surface area contributed by atoms with Crippen LogP contribution in [0.2, 0.25) is 10.0 Å². The molecule has 1 N–H and O–H groups in total. The summed E-state index contributed by atoms with van der Waals surface area (Å²) in [5.41, 5.74) is 2.25. The fourth-order valence-electron chi connectivity index (χ4n) is 3.11. The van der Waals surface area contributed by atoms with Gasteiger partial charge in [-0.15, -0.1) is 0 Å². The van der Waals surface area contributed by atoms with Gasteiger partial charge in [-0.3, -0.25) is 9.48 Å². The molecule has 2 atom stereocenters. The lowest BCUT2D eigenvalue weighted by atomic mass is 10.1.